The SMILES string of the molecule is C1COCCN1.C1COCCN1.NC1CCCCC1N.[Cl-].[Pt+2]. The molecular formula is C14H32ClN4O2Pt+. The van der Waals surface area contributed by atoms with Gasteiger partial charge in [-0.3, -0.25) is 0 Å². The molecule has 6 N–H and O–H groups in total. The van der Waals surface area contributed by atoms with Crippen LogP contribution in [0.3, 0.4) is 0 Å². The smallest absolute Gasteiger partial charge is 1.00 e. The third-order valence-corrected chi connectivity index (χ3v) is 3.57. The van der Waals surface area contributed by atoms with E-state index in [1.165, 1.54) is 12.8 Å². The minimum Gasteiger partial charge on any atom is -1.00 e. The van der Waals surface area contributed by atoms with E-state index in [2.05, 4.69) is 10.6 Å². The second kappa shape index (κ2) is 18.1. The van der Waals surface area contributed by atoms with E-state index in [4.69, 9.17) is 20.9 Å². The molecule has 1 aliphatic carbocycles. The molecule has 8 heteroatoms. The molecule has 3 aliphatic rings. The van der Waals surface area contributed by atoms with Crippen molar-refractivity contribution in [2.75, 3.05) is 52.6 Å². The van der Waals surface area contributed by atoms with Gasteiger partial charge in [0.1, 0.15) is 0 Å². The van der Waals surface area contributed by atoms with E-state index in [-0.39, 0.29) is 45.6 Å². The van der Waals surface area contributed by atoms with Crippen LogP contribution < -0.4 is 34.5 Å². The average molecular weight is 519 g/mol. The number of nitrogens with one attached hydrogen (secondary N) is 2. The van der Waals surface area contributed by atoms with E-state index in [1.807, 2.05) is 0 Å². The van der Waals surface area contributed by atoms with Crippen LogP contribution in [0.15, 0.2) is 0 Å². The minimum absolute atomic E-state index is 0. The Morgan fingerprint density at radius 1 is 0.682 bits per heavy atom. The molecular weight excluding hydrogens is 487 g/mol. The zero-order chi connectivity index (χ0) is 14.5. The number of hydrogen-bond acceptors (Lipinski definition) is 6. The van der Waals surface area contributed by atoms with Gasteiger partial charge in [-0.05, 0) is 12.8 Å². The second-order valence-corrected chi connectivity index (χ2v) is 5.34. The third kappa shape index (κ3) is 14.3. The summed E-state index contributed by atoms with van der Waals surface area (Å²) in [7, 11) is 0. The Hall–Kier alpha value is 0.738. The fraction of sp³-hybridized carbons (Fsp3) is 1.00. The van der Waals surface area contributed by atoms with Gasteiger partial charge in [-0.1, -0.05) is 12.8 Å². The molecule has 0 amide bonds. The summed E-state index contributed by atoms with van der Waals surface area (Å²) < 4.78 is 10.0. The van der Waals surface area contributed by atoms with Crippen molar-refractivity contribution in [1.82, 2.24) is 10.6 Å². The van der Waals surface area contributed by atoms with E-state index in [0.717, 1.165) is 65.4 Å². The van der Waals surface area contributed by atoms with Crippen LogP contribution in [0.4, 0.5) is 0 Å². The van der Waals surface area contributed by atoms with Crippen LogP contribution in [0, 0.1) is 0 Å². The molecule has 22 heavy (non-hydrogen) atoms. The first-order chi connectivity index (χ1) is 9.80. The van der Waals surface area contributed by atoms with Crippen molar-refractivity contribution in [3.63, 3.8) is 0 Å². The first kappa shape index (κ1) is 25.0. The monoisotopic (exact) mass is 518 g/mol. The molecule has 0 aromatic carbocycles. The number of halogens is 1. The van der Waals surface area contributed by atoms with Gasteiger partial charge in [0.2, 0.25) is 0 Å². The van der Waals surface area contributed by atoms with Crippen molar-refractivity contribution >= 4 is 0 Å². The van der Waals surface area contributed by atoms with Crippen LogP contribution in [0.2, 0.25) is 0 Å². The molecule has 6 nitrogen and oxygen atoms in total. The molecule has 136 valence electrons. The summed E-state index contributed by atoms with van der Waals surface area (Å²) in [5, 5.41) is 6.32. The van der Waals surface area contributed by atoms with E-state index < -0.39 is 0 Å². The predicted octanol–water partition coefficient (Wildman–Crippen LogP) is -3.57. The van der Waals surface area contributed by atoms with Crippen LogP contribution >= 0.6 is 0 Å². The van der Waals surface area contributed by atoms with Crippen molar-refractivity contribution in [3.05, 3.63) is 0 Å². The van der Waals surface area contributed by atoms with Crippen molar-refractivity contribution in [2.24, 2.45) is 11.5 Å². The Morgan fingerprint density at radius 3 is 1.14 bits per heavy atom. The molecule has 2 unspecified atom stereocenters. The summed E-state index contributed by atoms with van der Waals surface area (Å²) in [6, 6.07) is 0.562. The van der Waals surface area contributed by atoms with Crippen molar-refractivity contribution < 1.29 is 42.9 Å². The number of nitrogens with two attached hydrogens (primary N) is 2. The van der Waals surface area contributed by atoms with Gasteiger partial charge in [-0.2, -0.15) is 0 Å². The topological polar surface area (TPSA) is 94.6 Å². The largest absolute Gasteiger partial charge is 2.00 e. The number of hydrogen-bond donors (Lipinski definition) is 4. The average Bonchev–Trinajstić information content (AvgIpc) is 2.55. The summed E-state index contributed by atoms with van der Waals surface area (Å²) in [4.78, 5) is 0. The summed E-state index contributed by atoms with van der Waals surface area (Å²) in [6.07, 6.45) is 4.80. The Morgan fingerprint density at radius 2 is 1.00 bits per heavy atom. The molecule has 3 fully saturated rings. The zero-order valence-corrected chi connectivity index (χ0v) is 16.3. The maximum Gasteiger partial charge on any atom is 2.00 e. The first-order valence-corrected chi connectivity index (χ1v) is 7.89. The molecule has 2 aliphatic heterocycles. The standard InChI is InChI=1S/C6H14N2.2C4H9NO.ClH.Pt/c7-5-3-1-2-4-6(5)8;2*1-3-6-4-2-5-1;;/h5-6H,1-4,7-8H2;2*5H,1-4H2;1H;/q;;;;+2/p-1. The Kier molecular flexibility index (Phi) is 20.5. The van der Waals surface area contributed by atoms with Crippen molar-refractivity contribution in [1.29, 1.82) is 0 Å². The third-order valence-electron chi connectivity index (χ3n) is 3.57. The Labute approximate surface area is 155 Å². The number of rotatable bonds is 0. The van der Waals surface area contributed by atoms with Gasteiger partial charge in [0.15, 0.2) is 0 Å². The molecule has 0 spiro atoms. The maximum absolute atomic E-state index is 5.65. The quantitative estimate of drug-likeness (QED) is 0.265. The van der Waals surface area contributed by atoms with Crippen LogP contribution in [0.1, 0.15) is 25.7 Å². The van der Waals surface area contributed by atoms with E-state index in [0.29, 0.717) is 0 Å². The molecule has 1 saturated carbocycles. The second-order valence-electron chi connectivity index (χ2n) is 5.34. The normalized spacial score (nSPS) is 27.5. The molecule has 0 radical (unpaired) electrons. The molecule has 3 rings (SSSR count). The van der Waals surface area contributed by atoms with Gasteiger partial charge in [0, 0.05) is 38.3 Å². The molecule has 0 bridgehead atoms. The van der Waals surface area contributed by atoms with E-state index >= 15 is 0 Å². The molecule has 2 heterocycles. The molecule has 2 atom stereocenters. The van der Waals surface area contributed by atoms with Gasteiger partial charge >= 0.3 is 21.1 Å². The summed E-state index contributed by atoms with van der Waals surface area (Å²) in [5.41, 5.74) is 11.3. The van der Waals surface area contributed by atoms with Crippen molar-refractivity contribution in [3.8, 4) is 0 Å². The van der Waals surface area contributed by atoms with Gasteiger partial charge in [-0.25, -0.2) is 0 Å². The van der Waals surface area contributed by atoms with Crippen LogP contribution in [0.5, 0.6) is 0 Å². The number of ether oxygens (including phenoxy) is 2. The minimum atomic E-state index is 0. The van der Waals surface area contributed by atoms with Crippen LogP contribution in [-0.2, 0) is 30.5 Å². The number of morpholine rings is 2. The summed E-state index contributed by atoms with van der Waals surface area (Å²) in [5.74, 6) is 0. The van der Waals surface area contributed by atoms with Gasteiger partial charge in [-0.15, -0.1) is 0 Å². The first-order valence-electron chi connectivity index (χ1n) is 7.89. The maximum atomic E-state index is 5.65. The van der Waals surface area contributed by atoms with E-state index in [1.54, 1.807) is 0 Å². The molecule has 2 saturated heterocycles. The van der Waals surface area contributed by atoms with Crippen LogP contribution in [0.25, 0.3) is 0 Å². The van der Waals surface area contributed by atoms with Gasteiger partial charge in [0.25, 0.3) is 0 Å². The predicted molar refractivity (Wildman–Crippen MR) is 81.8 cm³/mol. The molecule has 0 aromatic rings. The van der Waals surface area contributed by atoms with Crippen molar-refractivity contribution in [2.45, 2.75) is 37.8 Å². The van der Waals surface area contributed by atoms with Gasteiger partial charge < -0.3 is 44.0 Å². The van der Waals surface area contributed by atoms with Crippen LogP contribution in [-0.4, -0.2) is 64.7 Å². The van der Waals surface area contributed by atoms with Gasteiger partial charge in [0.05, 0.1) is 26.4 Å². The summed E-state index contributed by atoms with van der Waals surface area (Å²) in [6.45, 7) is 7.67. The van der Waals surface area contributed by atoms with E-state index in [9.17, 15) is 0 Å². The fourth-order valence-corrected chi connectivity index (χ4v) is 2.22. The Balaban J connectivity index is 0. The zero-order valence-electron chi connectivity index (χ0n) is 13.3. The molecule has 0 aromatic heterocycles. The summed E-state index contributed by atoms with van der Waals surface area (Å²) >= 11 is 0. The Bertz CT molecular complexity index is 178. The fourth-order valence-electron chi connectivity index (χ4n) is 2.22.